The molecule has 0 aliphatic heterocycles. The molecule has 0 aromatic heterocycles. The Morgan fingerprint density at radius 1 is 1.12 bits per heavy atom. The predicted molar refractivity (Wildman–Crippen MR) is 72.8 cm³/mol. The van der Waals surface area contributed by atoms with Gasteiger partial charge in [-0.05, 0) is 13.0 Å². The van der Waals surface area contributed by atoms with E-state index in [2.05, 4.69) is 44.2 Å². The fraction of sp³-hybridized carbons (Fsp3) is 0.462. The van der Waals surface area contributed by atoms with Gasteiger partial charge in [-0.2, -0.15) is 0 Å². The zero-order valence-corrected chi connectivity index (χ0v) is 11.1. The van der Waals surface area contributed by atoms with Gasteiger partial charge in [0.2, 0.25) is 0 Å². The number of anilines is 1. The van der Waals surface area contributed by atoms with Gasteiger partial charge in [0, 0.05) is 43.2 Å². The molecule has 0 aliphatic carbocycles. The van der Waals surface area contributed by atoms with Crippen molar-refractivity contribution in [2.45, 2.75) is 6.92 Å². The summed E-state index contributed by atoms with van der Waals surface area (Å²) in [6.45, 7) is 1.83. The van der Waals surface area contributed by atoms with Gasteiger partial charge in [-0.1, -0.05) is 0 Å². The number of rotatable bonds is 3. The van der Waals surface area contributed by atoms with E-state index in [1.165, 1.54) is 5.69 Å². The molecular weight excluding hydrogens is 198 g/mol. The Morgan fingerprint density at radius 2 is 1.69 bits per heavy atom. The smallest absolute Gasteiger partial charge is 0.134 e. The minimum atomic E-state index is 0.610. The van der Waals surface area contributed by atoms with Crippen LogP contribution in [0.5, 0.6) is 0 Å². The largest absolute Gasteiger partial charge is 0.377 e. The van der Waals surface area contributed by atoms with Crippen LogP contribution in [0.3, 0.4) is 0 Å². The van der Waals surface area contributed by atoms with E-state index in [0.717, 1.165) is 15.7 Å². The van der Waals surface area contributed by atoms with Gasteiger partial charge < -0.3 is 10.3 Å². The first-order chi connectivity index (χ1) is 7.21. The first-order valence-electron chi connectivity index (χ1n) is 5.42. The zero-order chi connectivity index (χ0) is 12.5. The highest BCUT2D eigenvalue weighted by atomic mass is 15.3. The molecule has 0 atom stereocenters. The topological polar surface area (TPSA) is 27.1 Å². The molecule has 3 heteroatoms. The Hall–Kier alpha value is -1.35. The second-order valence-electron chi connectivity index (χ2n) is 5.27. The fourth-order valence-corrected chi connectivity index (χ4v) is 1.46. The van der Waals surface area contributed by atoms with Crippen molar-refractivity contribution in [1.82, 2.24) is 4.48 Å². The van der Waals surface area contributed by atoms with Gasteiger partial charge in [0.1, 0.15) is 5.69 Å². The van der Waals surface area contributed by atoms with E-state index in [9.17, 15) is 0 Å². The van der Waals surface area contributed by atoms with Crippen molar-refractivity contribution >= 4 is 17.1 Å². The molecule has 1 aromatic carbocycles. The second kappa shape index (κ2) is 4.26. The number of hydrogen-bond donors (Lipinski definition) is 1. The third-order valence-corrected chi connectivity index (χ3v) is 2.63. The summed E-state index contributed by atoms with van der Waals surface area (Å²) in [5.41, 5.74) is 3.97. The van der Waals surface area contributed by atoms with Crippen molar-refractivity contribution < 1.29 is 0 Å². The summed E-state index contributed by atoms with van der Waals surface area (Å²) < 4.78 is 0.766. The highest BCUT2D eigenvalue weighted by molar-refractivity contribution is 5.98. The number of benzene rings is 1. The van der Waals surface area contributed by atoms with Crippen LogP contribution in [-0.4, -0.2) is 41.0 Å². The Morgan fingerprint density at radius 3 is 2.06 bits per heavy atom. The molecule has 0 heterocycles. The molecule has 0 spiro atoms. The average Bonchev–Trinajstić information content (AvgIpc) is 2.15. The molecule has 0 aliphatic rings. The van der Waals surface area contributed by atoms with Gasteiger partial charge in [0.25, 0.3) is 0 Å². The second-order valence-corrected chi connectivity index (χ2v) is 5.27. The van der Waals surface area contributed by atoms with Crippen molar-refractivity contribution in [3.8, 4) is 0 Å². The zero-order valence-electron chi connectivity index (χ0n) is 11.1. The van der Waals surface area contributed by atoms with E-state index >= 15 is 0 Å². The molecule has 16 heavy (non-hydrogen) atoms. The molecule has 0 radical (unpaired) electrons. The molecule has 0 saturated heterocycles. The molecule has 1 rings (SSSR count). The molecule has 1 aromatic rings. The third-order valence-electron chi connectivity index (χ3n) is 2.63. The van der Waals surface area contributed by atoms with Crippen molar-refractivity contribution in [3.63, 3.8) is 0 Å². The summed E-state index contributed by atoms with van der Waals surface area (Å²) in [5, 5.41) is 7.75. The predicted octanol–water partition coefficient (Wildman–Crippen LogP) is 2.34. The summed E-state index contributed by atoms with van der Waals surface area (Å²) in [5.74, 6) is 0. The Balaban J connectivity index is 3.36. The Labute approximate surface area is 98.4 Å². The van der Waals surface area contributed by atoms with Crippen molar-refractivity contribution in [1.29, 1.82) is 5.41 Å². The normalized spacial score (nSPS) is 11.4. The molecule has 0 bridgehead atoms. The Kier molecular flexibility index (Phi) is 3.38. The van der Waals surface area contributed by atoms with Crippen LogP contribution in [0.2, 0.25) is 0 Å². The van der Waals surface area contributed by atoms with Gasteiger partial charge in [-0.3, -0.25) is 4.48 Å². The molecule has 1 N–H and O–H groups in total. The van der Waals surface area contributed by atoms with Crippen LogP contribution in [-0.2, 0) is 0 Å². The van der Waals surface area contributed by atoms with Crippen molar-refractivity contribution in [2.24, 2.45) is 0 Å². The van der Waals surface area contributed by atoms with Crippen LogP contribution in [0.4, 0.5) is 11.4 Å². The molecular formula is C13H22N3+. The number of nitrogens with one attached hydrogen (secondary N) is 1. The summed E-state index contributed by atoms with van der Waals surface area (Å²) >= 11 is 0. The lowest BCUT2D eigenvalue weighted by Crippen LogP contribution is -2.35. The van der Waals surface area contributed by atoms with Crippen molar-refractivity contribution in [3.05, 3.63) is 23.8 Å². The molecule has 3 nitrogen and oxygen atoms in total. The molecule has 0 fully saturated rings. The van der Waals surface area contributed by atoms with Gasteiger partial charge in [0.15, 0.2) is 0 Å². The lowest BCUT2D eigenvalue weighted by Gasteiger charge is -2.26. The van der Waals surface area contributed by atoms with E-state index in [0.29, 0.717) is 5.71 Å². The van der Waals surface area contributed by atoms with E-state index < -0.39 is 0 Å². The summed E-state index contributed by atoms with van der Waals surface area (Å²) in [6, 6.07) is 6.32. The van der Waals surface area contributed by atoms with Gasteiger partial charge in [-0.25, -0.2) is 0 Å². The van der Waals surface area contributed by atoms with Crippen LogP contribution in [0.1, 0.15) is 12.5 Å². The Bertz CT molecular complexity index is 400. The van der Waals surface area contributed by atoms with Gasteiger partial charge in [-0.15, -0.1) is 0 Å². The van der Waals surface area contributed by atoms with Crippen LogP contribution in [0, 0.1) is 5.41 Å². The molecule has 0 saturated carbocycles. The molecule has 0 unspecified atom stereocenters. The first kappa shape index (κ1) is 12.7. The molecule has 0 amide bonds. The van der Waals surface area contributed by atoms with Crippen LogP contribution < -0.4 is 9.38 Å². The van der Waals surface area contributed by atoms with Gasteiger partial charge in [0.05, 0.1) is 21.1 Å². The lowest BCUT2D eigenvalue weighted by atomic mass is 10.1. The lowest BCUT2D eigenvalue weighted by molar-refractivity contribution is 0.486. The monoisotopic (exact) mass is 220 g/mol. The number of nitrogens with zero attached hydrogens (tertiary/aromatic N) is 2. The molecule has 88 valence electrons. The van der Waals surface area contributed by atoms with E-state index in [1.807, 2.05) is 21.0 Å². The SMILES string of the molecule is CC(=N)c1cc(N(C)C)cc([N+](C)(C)C)c1. The highest BCUT2D eigenvalue weighted by Crippen LogP contribution is 2.25. The van der Waals surface area contributed by atoms with Crippen LogP contribution in [0.25, 0.3) is 0 Å². The summed E-state index contributed by atoms with van der Waals surface area (Å²) in [4.78, 5) is 2.08. The van der Waals surface area contributed by atoms with E-state index in [1.54, 1.807) is 0 Å². The highest BCUT2D eigenvalue weighted by Gasteiger charge is 2.15. The standard InChI is InChI=1S/C13H22N3/c1-10(14)11-7-12(15(2)3)9-13(8-11)16(4,5)6/h7-9,14H,1-6H3/q+1. The first-order valence-corrected chi connectivity index (χ1v) is 5.42. The van der Waals surface area contributed by atoms with Crippen LogP contribution in [0.15, 0.2) is 18.2 Å². The maximum Gasteiger partial charge on any atom is 0.134 e. The fourth-order valence-electron chi connectivity index (χ4n) is 1.46. The van der Waals surface area contributed by atoms with Crippen molar-refractivity contribution in [2.75, 3.05) is 40.1 Å². The quantitative estimate of drug-likeness (QED) is 0.614. The summed E-state index contributed by atoms with van der Waals surface area (Å²) in [7, 11) is 10.5. The minimum absolute atomic E-state index is 0.610. The summed E-state index contributed by atoms with van der Waals surface area (Å²) in [6.07, 6.45) is 0. The average molecular weight is 220 g/mol. The number of hydrogen-bond acceptors (Lipinski definition) is 2. The minimum Gasteiger partial charge on any atom is -0.377 e. The number of quaternary nitrogens is 1. The van der Waals surface area contributed by atoms with Crippen LogP contribution >= 0.6 is 0 Å². The van der Waals surface area contributed by atoms with Gasteiger partial charge >= 0.3 is 0 Å². The van der Waals surface area contributed by atoms with E-state index in [-0.39, 0.29) is 0 Å². The third kappa shape index (κ3) is 2.83. The maximum atomic E-state index is 7.75. The maximum absolute atomic E-state index is 7.75. The van der Waals surface area contributed by atoms with E-state index in [4.69, 9.17) is 5.41 Å².